The second-order valence-electron chi connectivity index (χ2n) is 4.44. The Morgan fingerprint density at radius 3 is 2.78 bits per heavy atom. The molecule has 5 nitrogen and oxygen atoms in total. The van der Waals surface area contributed by atoms with E-state index in [1.165, 1.54) is 10.5 Å². The van der Waals surface area contributed by atoms with Gasteiger partial charge in [-0.1, -0.05) is 30.3 Å². The number of nitrogens with zero attached hydrogens (tertiary/aromatic N) is 1. The van der Waals surface area contributed by atoms with Crippen molar-refractivity contribution in [2.75, 3.05) is 19.6 Å². The van der Waals surface area contributed by atoms with Crippen LogP contribution in [0.2, 0.25) is 0 Å². The fraction of sp³-hybridized carbons (Fsp3) is 0.385. The van der Waals surface area contributed by atoms with Crippen molar-refractivity contribution in [3.63, 3.8) is 0 Å². The average Bonchev–Trinajstić information content (AvgIpc) is 2.34. The quantitative estimate of drug-likeness (QED) is 0.793. The van der Waals surface area contributed by atoms with Gasteiger partial charge in [-0.25, -0.2) is 0 Å². The summed E-state index contributed by atoms with van der Waals surface area (Å²) in [4.78, 5) is 23.6. The highest BCUT2D eigenvalue weighted by atomic mass is 16.4. The molecule has 1 amide bonds. The lowest BCUT2D eigenvalue weighted by Gasteiger charge is -2.32. The molecule has 0 spiro atoms. The first-order valence-corrected chi connectivity index (χ1v) is 5.92. The summed E-state index contributed by atoms with van der Waals surface area (Å²) in [6, 6.07) is 10.1. The van der Waals surface area contributed by atoms with E-state index in [0.29, 0.717) is 6.54 Å². The Morgan fingerprint density at radius 1 is 1.39 bits per heavy atom. The molecule has 1 fully saturated rings. The second kappa shape index (κ2) is 5.64. The predicted octanol–water partition coefficient (Wildman–Crippen LogP) is 0.114. The summed E-state index contributed by atoms with van der Waals surface area (Å²) in [5, 5.41) is 11.9. The first-order chi connectivity index (χ1) is 8.65. The van der Waals surface area contributed by atoms with Crippen LogP contribution >= 0.6 is 0 Å². The Morgan fingerprint density at radius 2 is 2.11 bits per heavy atom. The van der Waals surface area contributed by atoms with E-state index in [4.69, 9.17) is 5.11 Å². The topological polar surface area (TPSA) is 69.6 Å². The number of carboxylic acids is 1. The van der Waals surface area contributed by atoms with Crippen LogP contribution in [-0.4, -0.2) is 47.6 Å². The molecule has 0 aliphatic carbocycles. The number of amides is 1. The van der Waals surface area contributed by atoms with Crippen molar-refractivity contribution in [2.24, 2.45) is 0 Å². The van der Waals surface area contributed by atoms with Crippen LogP contribution in [0.25, 0.3) is 0 Å². The Bertz CT molecular complexity index is 433. The zero-order valence-corrected chi connectivity index (χ0v) is 10.0. The molecule has 0 radical (unpaired) electrons. The maximum absolute atomic E-state index is 11.5. The molecule has 1 aromatic rings. The van der Waals surface area contributed by atoms with Crippen LogP contribution in [0.3, 0.4) is 0 Å². The van der Waals surface area contributed by atoms with Crippen molar-refractivity contribution in [3.8, 4) is 0 Å². The van der Waals surface area contributed by atoms with Gasteiger partial charge >= 0.3 is 5.97 Å². The smallest absolute Gasteiger partial charge is 0.323 e. The summed E-state index contributed by atoms with van der Waals surface area (Å²) in [5.74, 6) is -1.12. The molecule has 1 aromatic carbocycles. The average molecular weight is 248 g/mol. The van der Waals surface area contributed by atoms with Gasteiger partial charge < -0.3 is 15.3 Å². The van der Waals surface area contributed by atoms with Crippen molar-refractivity contribution in [1.29, 1.82) is 0 Å². The highest BCUT2D eigenvalue weighted by Gasteiger charge is 2.26. The van der Waals surface area contributed by atoms with Crippen LogP contribution < -0.4 is 5.32 Å². The summed E-state index contributed by atoms with van der Waals surface area (Å²) < 4.78 is 0. The van der Waals surface area contributed by atoms with Crippen molar-refractivity contribution in [1.82, 2.24) is 10.2 Å². The number of carbonyl (C=O) groups is 2. The zero-order chi connectivity index (χ0) is 13.0. The molecule has 1 aliphatic heterocycles. The van der Waals surface area contributed by atoms with E-state index >= 15 is 0 Å². The van der Waals surface area contributed by atoms with Crippen LogP contribution in [0.15, 0.2) is 30.3 Å². The summed E-state index contributed by atoms with van der Waals surface area (Å²) in [7, 11) is 0. The van der Waals surface area contributed by atoms with Crippen LogP contribution in [0.5, 0.6) is 0 Å². The third kappa shape index (κ3) is 3.30. The van der Waals surface area contributed by atoms with Crippen LogP contribution in [-0.2, 0) is 16.0 Å². The molecule has 5 heteroatoms. The predicted molar refractivity (Wildman–Crippen MR) is 66.2 cm³/mol. The number of piperazine rings is 1. The largest absolute Gasteiger partial charge is 0.480 e. The van der Waals surface area contributed by atoms with E-state index in [1.54, 1.807) is 0 Å². The highest BCUT2D eigenvalue weighted by Crippen LogP contribution is 2.08. The lowest BCUT2D eigenvalue weighted by Crippen LogP contribution is -2.55. The molecule has 2 rings (SSSR count). The number of rotatable bonds is 4. The van der Waals surface area contributed by atoms with Gasteiger partial charge in [0.2, 0.25) is 5.91 Å². The fourth-order valence-corrected chi connectivity index (χ4v) is 2.13. The molecule has 96 valence electrons. The van der Waals surface area contributed by atoms with E-state index in [9.17, 15) is 9.59 Å². The first kappa shape index (κ1) is 12.6. The minimum absolute atomic E-state index is 0.115. The van der Waals surface area contributed by atoms with E-state index in [2.05, 4.69) is 5.32 Å². The van der Waals surface area contributed by atoms with Gasteiger partial charge in [-0.15, -0.1) is 0 Å². The van der Waals surface area contributed by atoms with Crippen LogP contribution in [0.4, 0.5) is 0 Å². The molecule has 1 saturated heterocycles. The molecular formula is C13H16N2O3. The Balaban J connectivity index is 1.95. The van der Waals surface area contributed by atoms with Crippen LogP contribution in [0.1, 0.15) is 5.56 Å². The summed E-state index contributed by atoms with van der Waals surface area (Å²) in [6.45, 7) is 0.441. The minimum Gasteiger partial charge on any atom is -0.480 e. The number of hydrogen-bond donors (Lipinski definition) is 2. The number of aliphatic carboxylic acids is 1. The molecule has 0 saturated carbocycles. The molecule has 0 unspecified atom stereocenters. The lowest BCUT2D eigenvalue weighted by molar-refractivity contribution is -0.145. The van der Waals surface area contributed by atoms with Gasteiger partial charge in [-0.3, -0.25) is 9.59 Å². The van der Waals surface area contributed by atoms with Gasteiger partial charge in [-0.2, -0.15) is 0 Å². The van der Waals surface area contributed by atoms with Crippen molar-refractivity contribution in [2.45, 2.75) is 12.5 Å². The Hall–Kier alpha value is -1.88. The number of carboxylic acid groups (broad SMARTS) is 1. The molecule has 18 heavy (non-hydrogen) atoms. The molecular weight excluding hydrogens is 232 g/mol. The van der Waals surface area contributed by atoms with Gasteiger partial charge in [0.1, 0.15) is 6.54 Å². The molecule has 1 aliphatic rings. The van der Waals surface area contributed by atoms with Crippen molar-refractivity contribution >= 4 is 11.9 Å². The molecule has 0 aromatic heterocycles. The molecule has 0 bridgehead atoms. The molecule has 1 atom stereocenters. The second-order valence-corrected chi connectivity index (χ2v) is 4.44. The zero-order valence-electron chi connectivity index (χ0n) is 10.0. The highest BCUT2D eigenvalue weighted by molar-refractivity contribution is 5.83. The minimum atomic E-state index is -0.969. The third-order valence-corrected chi connectivity index (χ3v) is 2.99. The normalized spacial score (nSPS) is 19.9. The summed E-state index contributed by atoms with van der Waals surface area (Å²) in [6.07, 6.45) is 0.796. The molecule has 1 heterocycles. The standard InChI is InChI=1S/C13H16N2O3/c16-12-7-14-11(8-15(12)9-13(17)18)6-10-4-2-1-3-5-10/h1-5,11,14H,6-9H2,(H,17,18)/t11-/m1/s1. The maximum atomic E-state index is 11.5. The van der Waals surface area contributed by atoms with Crippen LogP contribution in [0, 0.1) is 0 Å². The van der Waals surface area contributed by atoms with E-state index in [1.807, 2.05) is 30.3 Å². The van der Waals surface area contributed by atoms with Gasteiger partial charge in [-0.05, 0) is 12.0 Å². The SMILES string of the molecule is O=C(O)CN1C[C@@H](Cc2ccccc2)NCC1=O. The summed E-state index contributed by atoms with van der Waals surface area (Å²) in [5.41, 5.74) is 1.18. The lowest BCUT2D eigenvalue weighted by atomic mass is 10.0. The number of carbonyl (C=O) groups excluding carboxylic acids is 1. The van der Waals surface area contributed by atoms with Crippen molar-refractivity contribution in [3.05, 3.63) is 35.9 Å². The van der Waals surface area contributed by atoms with E-state index < -0.39 is 5.97 Å². The number of hydrogen-bond acceptors (Lipinski definition) is 3. The number of benzene rings is 1. The third-order valence-electron chi connectivity index (χ3n) is 2.99. The number of nitrogens with one attached hydrogen (secondary N) is 1. The van der Waals surface area contributed by atoms with E-state index in [-0.39, 0.29) is 25.0 Å². The fourth-order valence-electron chi connectivity index (χ4n) is 2.13. The van der Waals surface area contributed by atoms with Gasteiger partial charge in [0.15, 0.2) is 0 Å². The van der Waals surface area contributed by atoms with Gasteiger partial charge in [0, 0.05) is 12.6 Å². The Kier molecular flexibility index (Phi) is 3.94. The van der Waals surface area contributed by atoms with Gasteiger partial charge in [0.25, 0.3) is 0 Å². The maximum Gasteiger partial charge on any atom is 0.323 e. The van der Waals surface area contributed by atoms with E-state index in [0.717, 1.165) is 6.42 Å². The summed E-state index contributed by atoms with van der Waals surface area (Å²) >= 11 is 0. The van der Waals surface area contributed by atoms with Gasteiger partial charge in [0.05, 0.1) is 6.54 Å². The van der Waals surface area contributed by atoms with Crippen molar-refractivity contribution < 1.29 is 14.7 Å². The molecule has 2 N–H and O–H groups in total. The first-order valence-electron chi connectivity index (χ1n) is 5.92. The Labute approximate surface area is 105 Å². The monoisotopic (exact) mass is 248 g/mol.